The van der Waals surface area contributed by atoms with Crippen molar-refractivity contribution in [2.24, 2.45) is 7.05 Å². The van der Waals surface area contributed by atoms with Gasteiger partial charge in [-0.05, 0) is 24.6 Å². The van der Waals surface area contributed by atoms with E-state index >= 15 is 0 Å². The number of aromatic nitrogens is 3. The Kier molecular flexibility index (Phi) is 2.66. The summed E-state index contributed by atoms with van der Waals surface area (Å²) in [6.45, 7) is 2.03. The van der Waals surface area contributed by atoms with E-state index < -0.39 is 0 Å². The molecule has 0 saturated heterocycles. The van der Waals surface area contributed by atoms with E-state index in [9.17, 15) is 0 Å². The first-order valence-electron chi connectivity index (χ1n) is 7.22. The molecular weight excluding hydrogens is 272 g/mol. The summed E-state index contributed by atoms with van der Waals surface area (Å²) < 4.78 is 1.87. The summed E-state index contributed by atoms with van der Waals surface area (Å²) in [6, 6.07) is 14.2. The second kappa shape index (κ2) is 4.56. The molecule has 0 bridgehead atoms. The fourth-order valence-electron chi connectivity index (χ4n) is 2.98. The highest BCUT2D eigenvalue weighted by molar-refractivity contribution is 6.00. The molecule has 0 saturated carbocycles. The molecule has 0 atom stereocenters. The molecule has 2 aromatic heterocycles. The maximum atomic E-state index is 6.34. The van der Waals surface area contributed by atoms with Crippen LogP contribution in [0.5, 0.6) is 0 Å². The van der Waals surface area contributed by atoms with Crippen LogP contribution in [-0.4, -0.2) is 14.8 Å². The third-order valence-electron chi connectivity index (χ3n) is 4.23. The fraction of sp³-hybridized carbons (Fsp3) is 0.111. The van der Waals surface area contributed by atoms with Crippen LogP contribution in [0.25, 0.3) is 33.1 Å². The zero-order chi connectivity index (χ0) is 15.3. The molecule has 2 aromatic carbocycles. The molecule has 0 radical (unpaired) electrons. The van der Waals surface area contributed by atoms with E-state index in [0.29, 0.717) is 0 Å². The van der Waals surface area contributed by atoms with Gasteiger partial charge < -0.3 is 5.73 Å². The Hall–Kier alpha value is -2.88. The molecule has 0 aliphatic carbocycles. The van der Waals surface area contributed by atoms with Gasteiger partial charge in [-0.1, -0.05) is 30.3 Å². The van der Waals surface area contributed by atoms with Crippen molar-refractivity contribution in [2.45, 2.75) is 6.92 Å². The number of benzene rings is 2. The van der Waals surface area contributed by atoms with Crippen molar-refractivity contribution in [3.8, 4) is 11.3 Å². The minimum atomic E-state index is 0.793. The van der Waals surface area contributed by atoms with Gasteiger partial charge in [0.1, 0.15) is 0 Å². The molecule has 4 aromatic rings. The Bertz CT molecular complexity index is 1010. The Morgan fingerprint density at radius 1 is 1.00 bits per heavy atom. The maximum Gasteiger partial charge on any atom is 0.0766 e. The number of fused-ring (bicyclic) bond motifs is 2. The molecule has 4 nitrogen and oxygen atoms in total. The van der Waals surface area contributed by atoms with E-state index in [1.807, 2.05) is 55.2 Å². The highest BCUT2D eigenvalue weighted by atomic mass is 15.2. The second-order valence-corrected chi connectivity index (χ2v) is 5.52. The number of anilines is 1. The first kappa shape index (κ1) is 12.8. The van der Waals surface area contributed by atoms with Crippen LogP contribution >= 0.6 is 0 Å². The quantitative estimate of drug-likeness (QED) is 0.581. The number of rotatable bonds is 1. The largest absolute Gasteiger partial charge is 0.398 e. The number of nitrogen functional groups attached to an aromatic ring is 1. The lowest BCUT2D eigenvalue weighted by Gasteiger charge is -2.12. The van der Waals surface area contributed by atoms with Gasteiger partial charge in [0.25, 0.3) is 0 Å². The Balaban J connectivity index is 2.10. The SMILES string of the molecule is Cc1c(-c2cccc3c2cnn3C)nc2ccccc2c1N. The van der Waals surface area contributed by atoms with Crippen molar-refractivity contribution < 1.29 is 0 Å². The molecule has 4 rings (SSSR count). The number of aryl methyl sites for hydroxylation is 1. The van der Waals surface area contributed by atoms with Crippen molar-refractivity contribution in [3.05, 3.63) is 54.2 Å². The maximum absolute atomic E-state index is 6.34. The van der Waals surface area contributed by atoms with Gasteiger partial charge in [0.15, 0.2) is 0 Å². The van der Waals surface area contributed by atoms with E-state index in [0.717, 1.165) is 44.3 Å². The first-order chi connectivity index (χ1) is 10.7. The monoisotopic (exact) mass is 288 g/mol. The average molecular weight is 288 g/mol. The van der Waals surface area contributed by atoms with E-state index in [4.69, 9.17) is 10.7 Å². The molecule has 0 fully saturated rings. The minimum Gasteiger partial charge on any atom is -0.398 e. The van der Waals surface area contributed by atoms with Crippen LogP contribution in [0.4, 0.5) is 5.69 Å². The van der Waals surface area contributed by atoms with Crippen LogP contribution in [0.3, 0.4) is 0 Å². The average Bonchev–Trinajstić information content (AvgIpc) is 2.93. The zero-order valence-electron chi connectivity index (χ0n) is 12.5. The van der Waals surface area contributed by atoms with Crippen LogP contribution in [0, 0.1) is 6.92 Å². The van der Waals surface area contributed by atoms with Crippen molar-refractivity contribution in [3.63, 3.8) is 0 Å². The first-order valence-corrected chi connectivity index (χ1v) is 7.22. The van der Waals surface area contributed by atoms with Gasteiger partial charge >= 0.3 is 0 Å². The predicted octanol–water partition coefficient (Wildman–Crippen LogP) is 3.68. The van der Waals surface area contributed by atoms with Crippen LogP contribution in [0.2, 0.25) is 0 Å². The van der Waals surface area contributed by atoms with Crippen molar-refractivity contribution in [2.75, 3.05) is 5.73 Å². The molecule has 108 valence electrons. The predicted molar refractivity (Wildman–Crippen MR) is 90.6 cm³/mol. The number of nitrogens with two attached hydrogens (primary N) is 1. The summed E-state index contributed by atoms with van der Waals surface area (Å²) in [5, 5.41) is 6.45. The number of pyridine rings is 1. The molecule has 2 heterocycles. The zero-order valence-corrected chi connectivity index (χ0v) is 12.5. The van der Waals surface area contributed by atoms with E-state index in [1.165, 1.54) is 0 Å². The summed E-state index contributed by atoms with van der Waals surface area (Å²) in [5.41, 5.74) is 12.1. The third kappa shape index (κ3) is 1.70. The van der Waals surface area contributed by atoms with Gasteiger partial charge in [-0.25, -0.2) is 4.98 Å². The smallest absolute Gasteiger partial charge is 0.0766 e. The number of nitrogens with zero attached hydrogens (tertiary/aromatic N) is 3. The van der Waals surface area contributed by atoms with Crippen LogP contribution in [-0.2, 0) is 7.05 Å². The minimum absolute atomic E-state index is 0.793. The van der Waals surface area contributed by atoms with E-state index in [2.05, 4.69) is 17.2 Å². The topological polar surface area (TPSA) is 56.7 Å². The summed E-state index contributed by atoms with van der Waals surface area (Å²) in [6.07, 6.45) is 1.89. The highest BCUT2D eigenvalue weighted by Crippen LogP contribution is 2.34. The number of hydrogen-bond acceptors (Lipinski definition) is 3. The Labute approximate surface area is 128 Å². The molecule has 0 amide bonds. The molecule has 4 heteroatoms. The fourth-order valence-corrected chi connectivity index (χ4v) is 2.98. The molecular formula is C18H16N4. The van der Waals surface area contributed by atoms with Gasteiger partial charge in [0, 0.05) is 29.1 Å². The van der Waals surface area contributed by atoms with Gasteiger partial charge in [-0.15, -0.1) is 0 Å². The van der Waals surface area contributed by atoms with Crippen LogP contribution in [0.15, 0.2) is 48.7 Å². The summed E-state index contributed by atoms with van der Waals surface area (Å²) in [5.74, 6) is 0. The molecule has 0 spiro atoms. The lowest BCUT2D eigenvalue weighted by molar-refractivity contribution is 0.797. The van der Waals surface area contributed by atoms with Gasteiger partial charge in [-0.3, -0.25) is 4.68 Å². The van der Waals surface area contributed by atoms with E-state index in [1.54, 1.807) is 0 Å². The third-order valence-corrected chi connectivity index (χ3v) is 4.23. The van der Waals surface area contributed by atoms with Crippen LogP contribution in [0.1, 0.15) is 5.56 Å². The molecule has 0 unspecified atom stereocenters. The second-order valence-electron chi connectivity index (χ2n) is 5.52. The Morgan fingerprint density at radius 2 is 1.82 bits per heavy atom. The molecule has 22 heavy (non-hydrogen) atoms. The highest BCUT2D eigenvalue weighted by Gasteiger charge is 2.14. The number of para-hydroxylation sites is 1. The van der Waals surface area contributed by atoms with Gasteiger partial charge in [0.2, 0.25) is 0 Å². The van der Waals surface area contributed by atoms with Crippen molar-refractivity contribution >= 4 is 27.5 Å². The summed E-state index contributed by atoms with van der Waals surface area (Å²) in [4.78, 5) is 4.85. The Morgan fingerprint density at radius 3 is 2.68 bits per heavy atom. The van der Waals surface area contributed by atoms with Gasteiger partial charge in [0.05, 0.1) is 22.9 Å². The lowest BCUT2D eigenvalue weighted by Crippen LogP contribution is -1.98. The van der Waals surface area contributed by atoms with Gasteiger partial charge in [-0.2, -0.15) is 5.10 Å². The normalized spacial score (nSPS) is 11.4. The van der Waals surface area contributed by atoms with Crippen LogP contribution < -0.4 is 5.73 Å². The lowest BCUT2D eigenvalue weighted by atomic mass is 10.00. The summed E-state index contributed by atoms with van der Waals surface area (Å²) >= 11 is 0. The molecule has 2 N–H and O–H groups in total. The molecule has 0 aliphatic heterocycles. The van der Waals surface area contributed by atoms with Crippen molar-refractivity contribution in [1.82, 2.24) is 14.8 Å². The van der Waals surface area contributed by atoms with E-state index in [-0.39, 0.29) is 0 Å². The standard InChI is InChI=1S/C18H16N4/c1-11-17(19)13-6-3-4-8-15(13)21-18(11)12-7-5-9-16-14(12)10-20-22(16)2/h3-10H,1-2H3,(H2,19,21). The molecule has 0 aliphatic rings. The number of hydrogen-bond donors (Lipinski definition) is 1. The summed E-state index contributed by atoms with van der Waals surface area (Å²) in [7, 11) is 1.95. The van der Waals surface area contributed by atoms with Crippen molar-refractivity contribution in [1.29, 1.82) is 0 Å².